The van der Waals surface area contributed by atoms with Crippen LogP contribution in [0, 0.1) is 0 Å². The second kappa shape index (κ2) is 9.74. The van der Waals surface area contributed by atoms with E-state index in [-0.39, 0.29) is 6.61 Å². The number of methoxy groups -OCH3 is 1. The highest BCUT2D eigenvalue weighted by molar-refractivity contribution is 5.84. The molecule has 3 rings (SSSR count). The van der Waals surface area contributed by atoms with Crippen LogP contribution < -0.4 is 10.1 Å². The minimum absolute atomic E-state index is 0.131. The Labute approximate surface area is 140 Å². The lowest BCUT2D eigenvalue weighted by Gasteiger charge is -2.04. The Bertz CT molecular complexity index is 697. The van der Waals surface area contributed by atoms with Gasteiger partial charge in [-0.05, 0) is 36.4 Å². The zero-order valence-corrected chi connectivity index (χ0v) is 13.3. The number of nitrogens with one attached hydrogen (secondary N) is 1. The molecule has 1 N–H and O–H groups in total. The molecule has 0 fully saturated rings. The molecule has 0 aliphatic carbocycles. The number of carbonyl (C=O) groups excluding carboxylic acids is 1. The Morgan fingerprint density at radius 2 is 1.62 bits per heavy atom. The molecule has 24 heavy (non-hydrogen) atoms. The molecular formula is C19H19NO4. The summed E-state index contributed by atoms with van der Waals surface area (Å²) in [4.78, 5) is 11.3. The van der Waals surface area contributed by atoms with Crippen LogP contribution in [0.3, 0.4) is 0 Å². The van der Waals surface area contributed by atoms with Gasteiger partial charge in [0.1, 0.15) is 11.5 Å². The molecule has 0 aliphatic heterocycles. The summed E-state index contributed by atoms with van der Waals surface area (Å²) < 4.78 is 14.9. The van der Waals surface area contributed by atoms with Crippen molar-refractivity contribution in [3.63, 3.8) is 0 Å². The smallest absolute Gasteiger partial charge is 0.412 e. The van der Waals surface area contributed by atoms with E-state index >= 15 is 0 Å². The monoisotopic (exact) mass is 325 g/mol. The van der Waals surface area contributed by atoms with E-state index in [1.165, 1.54) is 6.26 Å². The molecule has 2 aromatic carbocycles. The van der Waals surface area contributed by atoms with Crippen molar-refractivity contribution < 1.29 is 18.7 Å². The lowest BCUT2D eigenvalue weighted by atomic mass is 10.3. The van der Waals surface area contributed by atoms with Gasteiger partial charge in [0.2, 0.25) is 0 Å². The number of carbonyl (C=O) groups is 1. The van der Waals surface area contributed by atoms with Gasteiger partial charge in [-0.1, -0.05) is 36.4 Å². The van der Waals surface area contributed by atoms with Crippen LogP contribution in [-0.4, -0.2) is 13.2 Å². The fourth-order valence-corrected chi connectivity index (χ4v) is 1.76. The van der Waals surface area contributed by atoms with E-state index in [0.717, 1.165) is 5.75 Å². The van der Waals surface area contributed by atoms with Crippen LogP contribution in [0.2, 0.25) is 0 Å². The standard InChI is InChI=1S/C12H11NO3.C7H8O/c14-12(13-10-5-2-1-3-6-10)16-9-11-7-4-8-15-11;1-8-7-5-3-2-4-6-7/h1-8H,9H2,(H,13,14);2-6H,1H3. The van der Waals surface area contributed by atoms with Crippen molar-refractivity contribution in [2.75, 3.05) is 12.4 Å². The normalized spacial score (nSPS) is 9.38. The highest BCUT2D eigenvalue weighted by Crippen LogP contribution is 2.07. The summed E-state index contributed by atoms with van der Waals surface area (Å²) in [6.07, 6.45) is 1.04. The first-order valence-electron chi connectivity index (χ1n) is 7.38. The van der Waals surface area contributed by atoms with E-state index in [4.69, 9.17) is 13.9 Å². The highest BCUT2D eigenvalue weighted by atomic mass is 16.6. The van der Waals surface area contributed by atoms with E-state index in [0.29, 0.717) is 11.4 Å². The number of hydrogen-bond acceptors (Lipinski definition) is 4. The van der Waals surface area contributed by atoms with Gasteiger partial charge < -0.3 is 13.9 Å². The van der Waals surface area contributed by atoms with Gasteiger partial charge in [-0.25, -0.2) is 4.79 Å². The third-order valence-corrected chi connectivity index (χ3v) is 2.92. The Kier molecular flexibility index (Phi) is 6.96. The highest BCUT2D eigenvalue weighted by Gasteiger charge is 2.04. The number of ether oxygens (including phenoxy) is 2. The maximum Gasteiger partial charge on any atom is 0.412 e. The Balaban J connectivity index is 0.000000219. The fraction of sp³-hybridized carbons (Fsp3) is 0.105. The quantitative estimate of drug-likeness (QED) is 0.754. The molecule has 0 unspecified atom stereocenters. The third-order valence-electron chi connectivity index (χ3n) is 2.92. The van der Waals surface area contributed by atoms with Gasteiger partial charge in [0.15, 0.2) is 6.61 Å². The van der Waals surface area contributed by atoms with Crippen LogP contribution in [0.25, 0.3) is 0 Å². The minimum atomic E-state index is -0.498. The maximum absolute atomic E-state index is 11.3. The van der Waals surface area contributed by atoms with Crippen LogP contribution in [0.4, 0.5) is 10.5 Å². The van der Waals surface area contributed by atoms with E-state index in [1.54, 1.807) is 31.4 Å². The molecule has 0 bridgehead atoms. The average molecular weight is 325 g/mol. The van der Waals surface area contributed by atoms with Crippen LogP contribution >= 0.6 is 0 Å². The molecular weight excluding hydrogens is 306 g/mol. The number of benzene rings is 2. The van der Waals surface area contributed by atoms with Gasteiger partial charge in [-0.15, -0.1) is 0 Å². The SMILES string of the molecule is COc1ccccc1.O=C(Nc1ccccc1)OCc1ccco1. The first-order chi connectivity index (χ1) is 11.8. The van der Waals surface area contributed by atoms with E-state index < -0.39 is 6.09 Å². The molecule has 0 aliphatic rings. The lowest BCUT2D eigenvalue weighted by Crippen LogP contribution is -2.13. The van der Waals surface area contributed by atoms with Gasteiger partial charge in [0.05, 0.1) is 13.4 Å². The second-order valence-electron chi connectivity index (χ2n) is 4.66. The molecule has 0 saturated carbocycles. The topological polar surface area (TPSA) is 60.7 Å². The molecule has 1 heterocycles. The summed E-state index contributed by atoms with van der Waals surface area (Å²) in [5, 5.41) is 2.60. The summed E-state index contributed by atoms with van der Waals surface area (Å²) in [5.41, 5.74) is 0.701. The average Bonchev–Trinajstić information content (AvgIpc) is 3.16. The minimum Gasteiger partial charge on any atom is -0.497 e. The van der Waals surface area contributed by atoms with Crippen LogP contribution in [-0.2, 0) is 11.3 Å². The molecule has 1 aromatic heterocycles. The number of furan rings is 1. The first kappa shape index (κ1) is 17.1. The summed E-state index contributed by atoms with van der Waals surface area (Å²) in [6, 6.07) is 22.3. The predicted octanol–water partition coefficient (Wildman–Crippen LogP) is 4.72. The molecule has 0 spiro atoms. The van der Waals surface area contributed by atoms with Crippen molar-refractivity contribution in [1.29, 1.82) is 0 Å². The van der Waals surface area contributed by atoms with Crippen molar-refractivity contribution in [2.24, 2.45) is 0 Å². The lowest BCUT2D eigenvalue weighted by molar-refractivity contribution is 0.146. The van der Waals surface area contributed by atoms with Crippen LogP contribution in [0.1, 0.15) is 5.76 Å². The molecule has 0 atom stereocenters. The van der Waals surface area contributed by atoms with E-state index in [2.05, 4.69) is 5.32 Å². The predicted molar refractivity (Wildman–Crippen MR) is 92.0 cm³/mol. The zero-order valence-electron chi connectivity index (χ0n) is 13.3. The van der Waals surface area contributed by atoms with Gasteiger partial charge >= 0.3 is 6.09 Å². The molecule has 1 amide bonds. The van der Waals surface area contributed by atoms with Crippen LogP contribution in [0.15, 0.2) is 83.5 Å². The van der Waals surface area contributed by atoms with Crippen molar-refractivity contribution >= 4 is 11.8 Å². The number of amides is 1. The van der Waals surface area contributed by atoms with Crippen molar-refractivity contribution in [2.45, 2.75) is 6.61 Å². The Hall–Kier alpha value is -3.21. The van der Waals surface area contributed by atoms with E-state index in [9.17, 15) is 4.79 Å². The summed E-state index contributed by atoms with van der Waals surface area (Å²) in [5.74, 6) is 1.52. The molecule has 5 nitrogen and oxygen atoms in total. The van der Waals surface area contributed by atoms with Crippen molar-refractivity contribution in [1.82, 2.24) is 0 Å². The second-order valence-corrected chi connectivity index (χ2v) is 4.66. The molecule has 3 aromatic rings. The number of anilines is 1. The molecule has 5 heteroatoms. The zero-order chi connectivity index (χ0) is 17.0. The summed E-state index contributed by atoms with van der Waals surface area (Å²) >= 11 is 0. The largest absolute Gasteiger partial charge is 0.497 e. The van der Waals surface area contributed by atoms with Crippen molar-refractivity contribution in [3.8, 4) is 5.75 Å². The van der Waals surface area contributed by atoms with Crippen molar-refractivity contribution in [3.05, 3.63) is 84.8 Å². The molecule has 0 radical (unpaired) electrons. The van der Waals surface area contributed by atoms with Gasteiger partial charge in [-0.2, -0.15) is 0 Å². The van der Waals surface area contributed by atoms with E-state index in [1.807, 2.05) is 48.5 Å². The number of para-hydroxylation sites is 2. The Morgan fingerprint density at radius 1 is 0.958 bits per heavy atom. The summed E-state index contributed by atoms with van der Waals surface area (Å²) in [7, 11) is 1.66. The number of rotatable bonds is 4. The molecule has 124 valence electrons. The fourth-order valence-electron chi connectivity index (χ4n) is 1.76. The van der Waals surface area contributed by atoms with Crippen LogP contribution in [0.5, 0.6) is 5.75 Å². The van der Waals surface area contributed by atoms with Gasteiger partial charge in [-0.3, -0.25) is 5.32 Å². The van der Waals surface area contributed by atoms with Gasteiger partial charge in [0, 0.05) is 5.69 Å². The third kappa shape index (κ3) is 6.27. The summed E-state index contributed by atoms with van der Waals surface area (Å²) in [6.45, 7) is 0.131. The first-order valence-corrected chi connectivity index (χ1v) is 7.38. The van der Waals surface area contributed by atoms with Gasteiger partial charge in [0.25, 0.3) is 0 Å². The Morgan fingerprint density at radius 3 is 2.17 bits per heavy atom. The number of hydrogen-bond donors (Lipinski definition) is 1. The maximum atomic E-state index is 11.3. The molecule has 0 saturated heterocycles.